The summed E-state index contributed by atoms with van der Waals surface area (Å²) in [7, 11) is 0. The van der Waals surface area contributed by atoms with Gasteiger partial charge in [0.25, 0.3) is 0 Å². The van der Waals surface area contributed by atoms with Crippen molar-refractivity contribution in [3.8, 4) is 0 Å². The van der Waals surface area contributed by atoms with Crippen LogP contribution in [0.25, 0.3) is 0 Å². The van der Waals surface area contributed by atoms with E-state index in [1.165, 1.54) is 38.5 Å². The number of hydrogen-bond donors (Lipinski definition) is 2. The molecule has 1 aliphatic carbocycles. The molecular weight excluding hydrogens is 252 g/mol. The van der Waals surface area contributed by atoms with Gasteiger partial charge in [-0.2, -0.15) is 0 Å². The number of carbonyl (C=O) groups is 1. The molecule has 2 fully saturated rings. The normalized spacial score (nSPS) is 25.1. The van der Waals surface area contributed by atoms with E-state index in [1.54, 1.807) is 6.33 Å². The zero-order valence-electron chi connectivity index (χ0n) is 12.0. The minimum atomic E-state index is 0.286. The molecule has 3 rings (SSSR count). The number of aromatic amines is 1. The van der Waals surface area contributed by atoms with Crippen LogP contribution in [0.2, 0.25) is 0 Å². The van der Waals surface area contributed by atoms with Crippen molar-refractivity contribution in [1.82, 2.24) is 20.2 Å². The number of nitrogens with zero attached hydrogens (tertiary/aromatic N) is 2. The van der Waals surface area contributed by atoms with E-state index in [2.05, 4.69) is 20.2 Å². The first-order chi connectivity index (χ1) is 9.83. The molecule has 1 atom stereocenters. The Morgan fingerprint density at radius 2 is 2.10 bits per heavy atom. The molecule has 1 saturated heterocycles. The Morgan fingerprint density at radius 3 is 2.80 bits per heavy atom. The Balaban J connectivity index is 1.52. The first kappa shape index (κ1) is 13.6. The Bertz CT molecular complexity index is 423. The summed E-state index contributed by atoms with van der Waals surface area (Å²) >= 11 is 0. The third-order valence-corrected chi connectivity index (χ3v) is 4.56. The van der Waals surface area contributed by atoms with Crippen LogP contribution in [-0.4, -0.2) is 39.4 Å². The van der Waals surface area contributed by atoms with Gasteiger partial charge in [0, 0.05) is 43.5 Å². The van der Waals surface area contributed by atoms with Gasteiger partial charge in [-0.25, -0.2) is 4.98 Å². The maximum atomic E-state index is 12.2. The first-order valence-corrected chi connectivity index (χ1v) is 7.83. The predicted octanol–water partition coefficient (Wildman–Crippen LogP) is 1.82. The van der Waals surface area contributed by atoms with Crippen molar-refractivity contribution < 1.29 is 4.79 Å². The molecule has 1 aromatic heterocycles. The van der Waals surface area contributed by atoms with E-state index in [9.17, 15) is 4.79 Å². The molecule has 0 aromatic carbocycles. The fourth-order valence-corrected chi connectivity index (χ4v) is 3.43. The molecule has 2 aliphatic rings. The summed E-state index contributed by atoms with van der Waals surface area (Å²) < 4.78 is 0. The van der Waals surface area contributed by atoms with Gasteiger partial charge in [-0.15, -0.1) is 0 Å². The summed E-state index contributed by atoms with van der Waals surface area (Å²) in [6, 6.07) is 0.776. The lowest BCUT2D eigenvalue weighted by Crippen LogP contribution is -2.38. The number of H-pyrrole nitrogens is 1. The Hall–Kier alpha value is -1.36. The van der Waals surface area contributed by atoms with E-state index in [-0.39, 0.29) is 6.04 Å². The molecule has 0 bridgehead atoms. The van der Waals surface area contributed by atoms with Gasteiger partial charge in [-0.05, 0) is 12.8 Å². The van der Waals surface area contributed by atoms with E-state index < -0.39 is 0 Å². The smallest absolute Gasteiger partial charge is 0.224 e. The van der Waals surface area contributed by atoms with Crippen molar-refractivity contribution in [3.05, 3.63) is 18.2 Å². The summed E-state index contributed by atoms with van der Waals surface area (Å²) in [5, 5.41) is 3.47. The van der Waals surface area contributed by atoms with Crippen molar-refractivity contribution in [2.45, 2.75) is 63.6 Å². The van der Waals surface area contributed by atoms with Gasteiger partial charge < -0.3 is 15.2 Å². The van der Waals surface area contributed by atoms with Crippen LogP contribution in [0.15, 0.2) is 12.5 Å². The van der Waals surface area contributed by atoms with E-state index in [0.717, 1.165) is 18.8 Å². The monoisotopic (exact) mass is 276 g/mol. The van der Waals surface area contributed by atoms with Gasteiger partial charge in [0.05, 0.1) is 6.33 Å². The molecule has 0 unspecified atom stereocenters. The van der Waals surface area contributed by atoms with Crippen LogP contribution in [0, 0.1) is 0 Å². The number of likely N-dealkylation sites (tertiary alicyclic amines) is 1. The average Bonchev–Trinajstić information content (AvgIpc) is 3.00. The van der Waals surface area contributed by atoms with E-state index in [1.807, 2.05) is 6.20 Å². The molecule has 1 aromatic rings. The van der Waals surface area contributed by atoms with Crippen molar-refractivity contribution in [3.63, 3.8) is 0 Å². The highest BCUT2D eigenvalue weighted by atomic mass is 16.2. The summed E-state index contributed by atoms with van der Waals surface area (Å²) in [6.45, 7) is 1.63. The van der Waals surface area contributed by atoms with Crippen molar-refractivity contribution >= 4 is 5.91 Å². The zero-order valence-corrected chi connectivity index (χ0v) is 12.0. The molecule has 1 amide bonds. The first-order valence-electron chi connectivity index (χ1n) is 7.83. The average molecular weight is 276 g/mol. The molecular formula is C15H24N4O. The third-order valence-electron chi connectivity index (χ3n) is 4.56. The topological polar surface area (TPSA) is 61.0 Å². The lowest BCUT2D eigenvalue weighted by molar-refractivity contribution is -0.129. The Kier molecular flexibility index (Phi) is 4.35. The standard InChI is InChI=1S/C15H24N4O/c20-15-7-12(17-9-13-8-16-11-18-13)10-19(15)14-5-3-1-2-4-6-14/h8,11-12,14,17H,1-7,9-10H2,(H,16,18)/t12-/m0/s1. The van der Waals surface area contributed by atoms with Gasteiger partial charge >= 0.3 is 0 Å². The second kappa shape index (κ2) is 6.39. The SMILES string of the molecule is O=C1C[C@H](NCc2cnc[nH]2)CN1C1CCCCCC1. The highest BCUT2D eigenvalue weighted by Crippen LogP contribution is 2.25. The number of carbonyl (C=O) groups excluding carboxylic acids is 1. The molecule has 110 valence electrons. The van der Waals surface area contributed by atoms with Crippen LogP contribution in [-0.2, 0) is 11.3 Å². The number of aromatic nitrogens is 2. The molecule has 0 radical (unpaired) electrons. The number of amides is 1. The van der Waals surface area contributed by atoms with Crippen LogP contribution < -0.4 is 5.32 Å². The van der Waals surface area contributed by atoms with Crippen molar-refractivity contribution in [2.75, 3.05) is 6.54 Å². The van der Waals surface area contributed by atoms with Crippen LogP contribution in [0.1, 0.15) is 50.6 Å². The molecule has 2 heterocycles. The second-order valence-corrected chi connectivity index (χ2v) is 6.05. The summed E-state index contributed by atoms with van der Waals surface area (Å²) in [5.41, 5.74) is 1.07. The lowest BCUT2D eigenvalue weighted by Gasteiger charge is -2.27. The summed E-state index contributed by atoms with van der Waals surface area (Å²) in [4.78, 5) is 21.4. The van der Waals surface area contributed by atoms with Gasteiger partial charge in [-0.3, -0.25) is 4.79 Å². The number of imidazole rings is 1. The molecule has 5 nitrogen and oxygen atoms in total. The van der Waals surface area contributed by atoms with E-state index in [0.29, 0.717) is 18.4 Å². The fraction of sp³-hybridized carbons (Fsp3) is 0.733. The number of hydrogen-bond acceptors (Lipinski definition) is 3. The largest absolute Gasteiger partial charge is 0.347 e. The fourth-order valence-electron chi connectivity index (χ4n) is 3.43. The molecule has 1 aliphatic heterocycles. The highest BCUT2D eigenvalue weighted by molar-refractivity contribution is 5.79. The predicted molar refractivity (Wildman–Crippen MR) is 77.0 cm³/mol. The van der Waals surface area contributed by atoms with Crippen LogP contribution >= 0.6 is 0 Å². The zero-order chi connectivity index (χ0) is 13.8. The maximum Gasteiger partial charge on any atom is 0.224 e. The van der Waals surface area contributed by atoms with E-state index in [4.69, 9.17) is 0 Å². The van der Waals surface area contributed by atoms with Gasteiger partial charge in [0.1, 0.15) is 0 Å². The van der Waals surface area contributed by atoms with Crippen LogP contribution in [0.3, 0.4) is 0 Å². The lowest BCUT2D eigenvalue weighted by atomic mass is 10.1. The van der Waals surface area contributed by atoms with Gasteiger partial charge in [0.15, 0.2) is 0 Å². The second-order valence-electron chi connectivity index (χ2n) is 6.05. The number of rotatable bonds is 4. The number of nitrogens with one attached hydrogen (secondary N) is 2. The van der Waals surface area contributed by atoms with Crippen molar-refractivity contribution in [1.29, 1.82) is 0 Å². The molecule has 0 spiro atoms. The molecule has 20 heavy (non-hydrogen) atoms. The molecule has 1 saturated carbocycles. The van der Waals surface area contributed by atoms with Crippen molar-refractivity contribution in [2.24, 2.45) is 0 Å². The molecule has 2 N–H and O–H groups in total. The van der Waals surface area contributed by atoms with E-state index >= 15 is 0 Å². The summed E-state index contributed by atoms with van der Waals surface area (Å²) in [5.74, 6) is 0.332. The van der Waals surface area contributed by atoms with Gasteiger partial charge in [-0.1, -0.05) is 25.7 Å². The minimum absolute atomic E-state index is 0.286. The quantitative estimate of drug-likeness (QED) is 0.825. The third kappa shape index (κ3) is 3.20. The maximum absolute atomic E-state index is 12.2. The highest BCUT2D eigenvalue weighted by Gasteiger charge is 2.34. The van der Waals surface area contributed by atoms with Crippen LogP contribution in [0.4, 0.5) is 0 Å². The summed E-state index contributed by atoms with van der Waals surface area (Å²) in [6.07, 6.45) is 11.8. The van der Waals surface area contributed by atoms with Crippen LogP contribution in [0.5, 0.6) is 0 Å². The molecule has 5 heteroatoms. The minimum Gasteiger partial charge on any atom is -0.347 e. The Morgan fingerprint density at radius 1 is 1.30 bits per heavy atom. The van der Waals surface area contributed by atoms with Gasteiger partial charge in [0.2, 0.25) is 5.91 Å². The Labute approximate surface area is 120 Å².